The second-order valence-electron chi connectivity index (χ2n) is 13.0. The number of primary amides is 1. The summed E-state index contributed by atoms with van der Waals surface area (Å²) in [4.78, 5) is 74.9. The second kappa shape index (κ2) is 12.9. The second-order valence-corrected chi connectivity index (χ2v) is 13.0. The minimum atomic E-state index is -1.08. The van der Waals surface area contributed by atoms with Crippen LogP contribution in [0, 0.1) is 0 Å². The molecule has 0 radical (unpaired) electrons. The smallest absolute Gasteiger partial charge is 0.335 e. The molecule has 2 aliphatic rings. The number of carboxylic acid groups (broad SMARTS) is 1. The van der Waals surface area contributed by atoms with E-state index < -0.39 is 47.8 Å². The molecule has 1 saturated heterocycles. The number of ether oxygens (including phenoxy) is 1. The van der Waals surface area contributed by atoms with Crippen molar-refractivity contribution in [3.63, 3.8) is 0 Å². The Hall–Kier alpha value is -5.98. The van der Waals surface area contributed by atoms with Crippen molar-refractivity contribution < 1.29 is 33.8 Å². The summed E-state index contributed by atoms with van der Waals surface area (Å²) in [6.07, 6.45) is 1.34. The number of carboxylic acids is 1. The molecule has 1 aromatic heterocycles. The maximum atomic E-state index is 14.7. The molecule has 0 spiro atoms. The highest BCUT2D eigenvalue weighted by Crippen LogP contribution is 2.47. The van der Waals surface area contributed by atoms with E-state index in [1.165, 1.54) is 29.2 Å². The van der Waals surface area contributed by atoms with Crippen molar-refractivity contribution in [1.29, 1.82) is 0 Å². The number of carbonyl (C=O) groups excluding carboxylic acids is 4. The van der Waals surface area contributed by atoms with Gasteiger partial charge in [-0.25, -0.2) is 9.59 Å². The van der Waals surface area contributed by atoms with E-state index in [0.29, 0.717) is 11.1 Å². The highest BCUT2D eigenvalue weighted by Gasteiger charge is 2.46. The number of benzene rings is 3. The first-order valence-electron chi connectivity index (χ1n) is 15.8. The van der Waals surface area contributed by atoms with Crippen molar-refractivity contribution in [2.24, 2.45) is 10.7 Å². The number of aromatic amines is 1. The number of hydrogen-bond acceptors (Lipinski definition) is 7. The van der Waals surface area contributed by atoms with E-state index in [0.717, 1.165) is 16.5 Å². The quantitative estimate of drug-likeness (QED) is 0.160. The summed E-state index contributed by atoms with van der Waals surface area (Å²) in [5, 5.41) is 13.2. The first-order valence-corrected chi connectivity index (χ1v) is 15.8. The highest BCUT2D eigenvalue weighted by atomic mass is 16.5. The van der Waals surface area contributed by atoms with Crippen LogP contribution in [0.15, 0.2) is 77.9 Å². The SMILES string of the molecule is CC(C)(C)Oc1cc(C(=O)CC(N)=O)ccc1C1=NC(c2ccc(C(=O)O)cc2)C(c2c[nH]c3ccccc23)N1C(=O)N1CCNC(=O)C1. The fourth-order valence-electron chi connectivity index (χ4n) is 6.18. The van der Waals surface area contributed by atoms with Gasteiger partial charge in [-0.2, -0.15) is 0 Å². The first-order chi connectivity index (χ1) is 23.3. The van der Waals surface area contributed by atoms with Gasteiger partial charge in [0.15, 0.2) is 5.78 Å². The number of aliphatic imine (C=N–C) groups is 1. The van der Waals surface area contributed by atoms with Crippen molar-refractivity contribution >= 4 is 46.3 Å². The number of nitrogens with zero attached hydrogens (tertiary/aromatic N) is 3. The molecule has 3 aromatic carbocycles. The number of rotatable bonds is 8. The van der Waals surface area contributed by atoms with E-state index in [2.05, 4.69) is 10.3 Å². The lowest BCUT2D eigenvalue weighted by Crippen LogP contribution is -2.55. The van der Waals surface area contributed by atoms with Crippen molar-refractivity contribution in [1.82, 2.24) is 20.1 Å². The number of urea groups is 1. The van der Waals surface area contributed by atoms with Crippen LogP contribution >= 0.6 is 0 Å². The fraction of sp³-hybridized carbons (Fsp3) is 0.278. The molecule has 49 heavy (non-hydrogen) atoms. The number of para-hydroxylation sites is 1. The topological polar surface area (TPSA) is 187 Å². The lowest BCUT2D eigenvalue weighted by atomic mass is 9.92. The van der Waals surface area contributed by atoms with E-state index in [9.17, 15) is 29.1 Å². The molecule has 1 fully saturated rings. The third-order valence-corrected chi connectivity index (χ3v) is 8.32. The molecule has 13 nitrogen and oxygen atoms in total. The molecule has 0 bridgehead atoms. The van der Waals surface area contributed by atoms with Crippen molar-refractivity contribution in [3.8, 4) is 5.75 Å². The normalized spacial score (nSPS) is 17.9. The predicted octanol–water partition coefficient (Wildman–Crippen LogP) is 4.20. The van der Waals surface area contributed by atoms with E-state index in [4.69, 9.17) is 15.5 Å². The number of fused-ring (bicyclic) bond motifs is 1. The van der Waals surface area contributed by atoms with E-state index in [1.807, 2.05) is 51.2 Å². The molecule has 13 heteroatoms. The monoisotopic (exact) mass is 664 g/mol. The number of amidine groups is 1. The van der Waals surface area contributed by atoms with Gasteiger partial charge >= 0.3 is 12.0 Å². The number of H-pyrrole nitrogens is 1. The van der Waals surface area contributed by atoms with Gasteiger partial charge in [0.2, 0.25) is 11.8 Å². The molecule has 252 valence electrons. The summed E-state index contributed by atoms with van der Waals surface area (Å²) >= 11 is 0. The van der Waals surface area contributed by atoms with Crippen molar-refractivity contribution in [2.45, 2.75) is 44.9 Å². The van der Waals surface area contributed by atoms with Gasteiger partial charge < -0.3 is 30.8 Å². The third kappa shape index (κ3) is 6.73. The Labute approximate surface area is 281 Å². The van der Waals surface area contributed by atoms with Gasteiger partial charge in [-0.3, -0.25) is 24.3 Å². The van der Waals surface area contributed by atoms with Crippen LogP contribution in [-0.2, 0) is 9.59 Å². The van der Waals surface area contributed by atoms with Crippen LogP contribution < -0.4 is 15.8 Å². The maximum absolute atomic E-state index is 14.7. The minimum absolute atomic E-state index is 0.0962. The van der Waals surface area contributed by atoms with Crippen LogP contribution in [0.1, 0.15) is 76.7 Å². The van der Waals surface area contributed by atoms with Crippen molar-refractivity contribution in [2.75, 3.05) is 19.6 Å². The number of ketones is 1. The molecule has 4 amide bonds. The zero-order valence-electron chi connectivity index (χ0n) is 27.2. The number of aromatic carboxylic acids is 1. The number of hydrogen-bond donors (Lipinski definition) is 4. The Morgan fingerprint density at radius 1 is 1.02 bits per heavy atom. The number of piperazine rings is 1. The van der Waals surface area contributed by atoms with Gasteiger partial charge in [0.05, 0.1) is 23.6 Å². The van der Waals surface area contributed by atoms with E-state index >= 15 is 0 Å². The average molecular weight is 665 g/mol. The third-order valence-electron chi connectivity index (χ3n) is 8.32. The Kier molecular flexibility index (Phi) is 8.68. The number of nitrogens with one attached hydrogen (secondary N) is 2. The number of amides is 4. The molecule has 2 unspecified atom stereocenters. The van der Waals surface area contributed by atoms with E-state index in [-0.39, 0.29) is 48.3 Å². The number of nitrogens with two attached hydrogens (primary N) is 1. The van der Waals surface area contributed by atoms with E-state index in [1.54, 1.807) is 23.1 Å². The summed E-state index contributed by atoms with van der Waals surface area (Å²) in [5.74, 6) is -2.16. The molecule has 2 aliphatic heterocycles. The number of aromatic nitrogens is 1. The molecule has 2 atom stereocenters. The first kappa shape index (κ1) is 32.9. The Morgan fingerprint density at radius 2 is 1.73 bits per heavy atom. The van der Waals surface area contributed by atoms with Gasteiger partial charge in [-0.05, 0) is 56.7 Å². The van der Waals surface area contributed by atoms with Gasteiger partial charge in [-0.15, -0.1) is 0 Å². The maximum Gasteiger partial charge on any atom is 0.335 e. The van der Waals surface area contributed by atoms with Crippen LogP contribution in [0.4, 0.5) is 4.79 Å². The fourth-order valence-corrected chi connectivity index (χ4v) is 6.18. The highest BCUT2D eigenvalue weighted by molar-refractivity contribution is 6.13. The molecular formula is C36H36N6O7. The molecule has 3 heterocycles. The van der Waals surface area contributed by atoms with Crippen molar-refractivity contribution in [3.05, 3.63) is 101 Å². The van der Waals surface area contributed by atoms with Crippen LogP contribution in [0.3, 0.4) is 0 Å². The molecule has 5 N–H and O–H groups in total. The molecule has 6 rings (SSSR count). The summed E-state index contributed by atoms with van der Waals surface area (Å²) in [7, 11) is 0. The Morgan fingerprint density at radius 3 is 2.41 bits per heavy atom. The minimum Gasteiger partial charge on any atom is -0.487 e. The van der Waals surface area contributed by atoms with Gasteiger partial charge in [0.25, 0.3) is 0 Å². The number of Topliss-reactive ketones (excluding diaryl/α,β-unsaturated/α-hetero) is 1. The van der Waals surface area contributed by atoms with Gasteiger partial charge in [0, 0.05) is 41.3 Å². The van der Waals surface area contributed by atoms with Crippen LogP contribution in [0.2, 0.25) is 0 Å². The van der Waals surface area contributed by atoms with Gasteiger partial charge in [-0.1, -0.05) is 36.4 Å². The summed E-state index contributed by atoms with van der Waals surface area (Å²) < 4.78 is 6.37. The molecule has 4 aromatic rings. The molecule has 0 saturated carbocycles. The standard InChI is InChI=1S/C36H36N6O7/c1-36(2,3)49-28-16-22(27(43)17-29(37)44)12-13-24(28)33-40-31(20-8-10-21(11-9-20)34(46)47)32(25-18-39-26-7-5-4-6-23(25)26)42(33)35(48)41-15-14-38-30(45)19-41/h4-13,16,18,31-32,39H,14-15,17,19H2,1-3H3,(H2,37,44)(H,38,45)(H,46,47). The lowest BCUT2D eigenvalue weighted by molar-refractivity contribution is -0.123. The Bertz CT molecular complexity index is 2010. The number of carbonyl (C=O) groups is 5. The van der Waals surface area contributed by atoms with Gasteiger partial charge in [0.1, 0.15) is 29.8 Å². The molecular weight excluding hydrogens is 628 g/mol. The molecule has 0 aliphatic carbocycles. The zero-order chi connectivity index (χ0) is 35.0. The predicted molar refractivity (Wildman–Crippen MR) is 181 cm³/mol. The lowest BCUT2D eigenvalue weighted by Gasteiger charge is -2.36. The zero-order valence-corrected chi connectivity index (χ0v) is 27.2. The summed E-state index contributed by atoms with van der Waals surface area (Å²) in [5.41, 5.74) is 7.49. The Balaban J connectivity index is 1.58. The van der Waals surface area contributed by atoms with Crippen LogP contribution in [0.25, 0.3) is 10.9 Å². The summed E-state index contributed by atoms with van der Waals surface area (Å²) in [6.45, 7) is 5.88. The average Bonchev–Trinajstić information content (AvgIpc) is 3.65. The largest absolute Gasteiger partial charge is 0.487 e. The van der Waals surface area contributed by atoms with Crippen LogP contribution in [-0.4, -0.2) is 80.6 Å². The van der Waals surface area contributed by atoms with Crippen LogP contribution in [0.5, 0.6) is 5.75 Å². The summed E-state index contributed by atoms with van der Waals surface area (Å²) in [6, 6.07) is 16.7.